The lowest BCUT2D eigenvalue weighted by molar-refractivity contribution is -0.142. The number of guanidine groups is 1. The maximum Gasteiger partial charge on any atom is 0.326 e. The Morgan fingerprint density at radius 1 is 0.892 bits per heavy atom. The second-order valence-corrected chi connectivity index (χ2v) is 8.37. The van der Waals surface area contributed by atoms with Crippen LogP contribution >= 0.6 is 0 Å². The standard InChI is InChI=1S/C23H35N7O7/c1-13(19(33)30-17(22(36)37)8-5-11-27-23(25)26)28-21(35)16(9-10-18(31)32)29-20(34)15(24)12-14-6-3-2-4-7-14/h2-4,6-7,13,15-17H,5,8-12,24H2,1H3,(H,28,35)(H,29,34)(H,30,33)(H,31,32)(H,36,37)(H4,25,26,27). The van der Waals surface area contributed by atoms with Crippen LogP contribution in [-0.4, -0.2) is 76.5 Å². The molecular weight excluding hydrogens is 486 g/mol. The van der Waals surface area contributed by atoms with Crippen LogP contribution in [0.3, 0.4) is 0 Å². The van der Waals surface area contributed by atoms with Crippen molar-refractivity contribution in [2.75, 3.05) is 6.54 Å². The molecule has 14 heteroatoms. The van der Waals surface area contributed by atoms with Crippen LogP contribution in [0.15, 0.2) is 35.3 Å². The van der Waals surface area contributed by atoms with Gasteiger partial charge in [-0.15, -0.1) is 0 Å². The van der Waals surface area contributed by atoms with E-state index in [1.807, 2.05) is 6.07 Å². The zero-order chi connectivity index (χ0) is 28.0. The molecule has 37 heavy (non-hydrogen) atoms. The van der Waals surface area contributed by atoms with Crippen molar-refractivity contribution in [3.8, 4) is 0 Å². The molecule has 0 fully saturated rings. The number of nitrogens with two attached hydrogens (primary N) is 3. The number of hydrogen-bond acceptors (Lipinski definition) is 7. The molecule has 14 nitrogen and oxygen atoms in total. The Hall–Kier alpha value is -4.20. The number of nitrogens with zero attached hydrogens (tertiary/aromatic N) is 1. The average molecular weight is 522 g/mol. The summed E-state index contributed by atoms with van der Waals surface area (Å²) in [6, 6.07) is 4.23. The van der Waals surface area contributed by atoms with Crippen LogP contribution in [0.2, 0.25) is 0 Å². The third-order valence-electron chi connectivity index (χ3n) is 5.23. The van der Waals surface area contributed by atoms with E-state index in [2.05, 4.69) is 20.9 Å². The predicted molar refractivity (Wildman–Crippen MR) is 134 cm³/mol. The van der Waals surface area contributed by atoms with Gasteiger partial charge in [0.25, 0.3) is 0 Å². The first kappa shape index (κ1) is 30.8. The maximum atomic E-state index is 12.8. The summed E-state index contributed by atoms with van der Waals surface area (Å²) in [5, 5.41) is 25.5. The number of carbonyl (C=O) groups is 5. The molecule has 11 N–H and O–H groups in total. The van der Waals surface area contributed by atoms with Crippen molar-refractivity contribution in [1.82, 2.24) is 16.0 Å². The fraction of sp³-hybridized carbons (Fsp3) is 0.478. The lowest BCUT2D eigenvalue weighted by Gasteiger charge is -2.23. The van der Waals surface area contributed by atoms with Gasteiger partial charge in [-0.1, -0.05) is 30.3 Å². The zero-order valence-corrected chi connectivity index (χ0v) is 20.6. The molecule has 1 aromatic rings. The van der Waals surface area contributed by atoms with E-state index < -0.39 is 60.2 Å². The van der Waals surface area contributed by atoms with Gasteiger partial charge < -0.3 is 43.4 Å². The SMILES string of the molecule is CC(NC(=O)C(CCC(=O)O)NC(=O)C(N)Cc1ccccc1)C(=O)NC(CCCN=C(N)N)C(=O)O. The van der Waals surface area contributed by atoms with Gasteiger partial charge in [0, 0.05) is 13.0 Å². The number of benzene rings is 1. The third kappa shape index (κ3) is 12.4. The topological polar surface area (TPSA) is 252 Å². The molecular formula is C23H35N7O7. The molecule has 0 aliphatic carbocycles. The summed E-state index contributed by atoms with van der Waals surface area (Å²) in [6.45, 7) is 1.49. The van der Waals surface area contributed by atoms with Crippen LogP contribution < -0.4 is 33.2 Å². The van der Waals surface area contributed by atoms with Crippen LogP contribution in [0.25, 0.3) is 0 Å². The number of rotatable bonds is 16. The van der Waals surface area contributed by atoms with Crippen LogP contribution in [0.5, 0.6) is 0 Å². The lowest BCUT2D eigenvalue weighted by Crippen LogP contribution is -2.56. The minimum atomic E-state index is -1.28. The van der Waals surface area contributed by atoms with Gasteiger partial charge >= 0.3 is 11.9 Å². The number of nitrogens with one attached hydrogen (secondary N) is 3. The molecule has 0 aliphatic heterocycles. The van der Waals surface area contributed by atoms with Crippen molar-refractivity contribution >= 4 is 35.6 Å². The molecule has 0 heterocycles. The van der Waals surface area contributed by atoms with E-state index in [1.165, 1.54) is 6.92 Å². The Morgan fingerprint density at radius 2 is 1.51 bits per heavy atom. The number of amides is 3. The molecule has 4 unspecified atom stereocenters. The van der Waals surface area contributed by atoms with Gasteiger partial charge in [0.1, 0.15) is 18.1 Å². The highest BCUT2D eigenvalue weighted by molar-refractivity contribution is 5.94. The van der Waals surface area contributed by atoms with E-state index in [-0.39, 0.29) is 38.2 Å². The van der Waals surface area contributed by atoms with Gasteiger partial charge in [0.05, 0.1) is 6.04 Å². The van der Waals surface area contributed by atoms with Crippen molar-refractivity contribution in [2.45, 2.75) is 63.2 Å². The zero-order valence-electron chi connectivity index (χ0n) is 20.6. The Bertz CT molecular complexity index is 967. The van der Waals surface area contributed by atoms with Gasteiger partial charge in [-0.3, -0.25) is 24.2 Å². The molecule has 204 valence electrons. The van der Waals surface area contributed by atoms with Crippen molar-refractivity contribution in [1.29, 1.82) is 0 Å². The number of aliphatic imine (C=N–C) groups is 1. The second-order valence-electron chi connectivity index (χ2n) is 8.37. The maximum absolute atomic E-state index is 12.8. The van der Waals surface area contributed by atoms with E-state index in [0.717, 1.165) is 5.56 Å². The van der Waals surface area contributed by atoms with Gasteiger partial charge in [-0.2, -0.15) is 0 Å². The molecule has 0 bridgehead atoms. The van der Waals surface area contributed by atoms with Gasteiger partial charge in [0.15, 0.2) is 5.96 Å². The van der Waals surface area contributed by atoms with Gasteiger partial charge in [-0.05, 0) is 38.2 Å². The fourth-order valence-electron chi connectivity index (χ4n) is 3.21. The Kier molecular flexibility index (Phi) is 13.1. The molecule has 0 aliphatic rings. The average Bonchev–Trinajstić information content (AvgIpc) is 2.83. The quantitative estimate of drug-likeness (QED) is 0.0676. The molecule has 1 aromatic carbocycles. The first-order chi connectivity index (χ1) is 17.4. The van der Waals surface area contributed by atoms with Gasteiger partial charge in [0.2, 0.25) is 17.7 Å². The summed E-state index contributed by atoms with van der Waals surface area (Å²) < 4.78 is 0. The van der Waals surface area contributed by atoms with E-state index >= 15 is 0 Å². The van der Waals surface area contributed by atoms with E-state index in [1.54, 1.807) is 24.3 Å². The highest BCUT2D eigenvalue weighted by Gasteiger charge is 2.28. The molecule has 1 rings (SSSR count). The number of carboxylic acids is 2. The molecule has 0 spiro atoms. The summed E-state index contributed by atoms with van der Waals surface area (Å²) in [7, 11) is 0. The summed E-state index contributed by atoms with van der Waals surface area (Å²) in [5.41, 5.74) is 17.2. The van der Waals surface area contributed by atoms with E-state index in [9.17, 15) is 29.1 Å². The highest BCUT2D eigenvalue weighted by Crippen LogP contribution is 2.05. The largest absolute Gasteiger partial charge is 0.481 e. The van der Waals surface area contributed by atoms with Crippen molar-refractivity contribution < 1.29 is 34.2 Å². The van der Waals surface area contributed by atoms with Crippen molar-refractivity contribution in [3.05, 3.63) is 35.9 Å². The van der Waals surface area contributed by atoms with Crippen LogP contribution in [0.1, 0.15) is 38.2 Å². The second kappa shape index (κ2) is 15.7. The van der Waals surface area contributed by atoms with Crippen LogP contribution in [0.4, 0.5) is 0 Å². The molecule has 0 saturated carbocycles. The third-order valence-corrected chi connectivity index (χ3v) is 5.23. The molecule has 0 aromatic heterocycles. The predicted octanol–water partition coefficient (Wildman–Crippen LogP) is -1.97. The smallest absolute Gasteiger partial charge is 0.326 e. The summed E-state index contributed by atoms with van der Waals surface area (Å²) in [4.78, 5) is 64.1. The summed E-state index contributed by atoms with van der Waals surface area (Å²) >= 11 is 0. The Labute approximate surface area is 214 Å². The number of hydrogen-bond donors (Lipinski definition) is 8. The molecule has 0 saturated heterocycles. The van der Waals surface area contributed by atoms with Crippen LogP contribution in [0, 0.1) is 0 Å². The Morgan fingerprint density at radius 3 is 2.08 bits per heavy atom. The lowest BCUT2D eigenvalue weighted by atomic mass is 10.0. The summed E-state index contributed by atoms with van der Waals surface area (Å²) in [6.07, 6.45) is -0.165. The molecule has 3 amide bonds. The van der Waals surface area contributed by atoms with Crippen LogP contribution in [-0.2, 0) is 30.4 Å². The normalized spacial score (nSPS) is 13.8. The highest BCUT2D eigenvalue weighted by atomic mass is 16.4. The number of carboxylic acid groups (broad SMARTS) is 2. The first-order valence-electron chi connectivity index (χ1n) is 11.6. The Balaban J connectivity index is 2.76. The molecule has 4 atom stereocenters. The fourth-order valence-corrected chi connectivity index (χ4v) is 3.21. The monoisotopic (exact) mass is 521 g/mol. The summed E-state index contributed by atoms with van der Waals surface area (Å²) in [5.74, 6) is -4.88. The van der Waals surface area contributed by atoms with Crippen molar-refractivity contribution in [2.24, 2.45) is 22.2 Å². The van der Waals surface area contributed by atoms with Crippen molar-refractivity contribution in [3.63, 3.8) is 0 Å². The number of aliphatic carboxylic acids is 2. The first-order valence-corrected chi connectivity index (χ1v) is 11.6. The van der Waals surface area contributed by atoms with E-state index in [0.29, 0.717) is 0 Å². The minimum Gasteiger partial charge on any atom is -0.481 e. The minimum absolute atomic E-state index is 0.0368. The van der Waals surface area contributed by atoms with E-state index in [4.69, 9.17) is 22.3 Å². The number of carbonyl (C=O) groups excluding carboxylic acids is 3. The molecule has 0 radical (unpaired) electrons. The van der Waals surface area contributed by atoms with Gasteiger partial charge in [-0.25, -0.2) is 4.79 Å².